The normalized spacial score (nSPS) is 20.4. The molecule has 1 fully saturated rings. The van der Waals surface area contributed by atoms with Crippen LogP contribution < -0.4 is 10.6 Å². The lowest BCUT2D eigenvalue weighted by Gasteiger charge is -2.46. The van der Waals surface area contributed by atoms with E-state index in [9.17, 15) is 0 Å². The molecule has 0 saturated heterocycles. The number of hydrogen-bond acceptors (Lipinski definition) is 2. The molecule has 35 heavy (non-hydrogen) atoms. The van der Waals surface area contributed by atoms with Crippen LogP contribution in [0.1, 0.15) is 81.3 Å². The summed E-state index contributed by atoms with van der Waals surface area (Å²) in [4.78, 5) is 2.48. The molecule has 0 spiro atoms. The Labute approximate surface area is 217 Å². The number of nitrogens with one attached hydrogen (secondary N) is 2. The monoisotopic (exact) mass is 485 g/mol. The van der Waals surface area contributed by atoms with Gasteiger partial charge < -0.3 is 15.5 Å². The summed E-state index contributed by atoms with van der Waals surface area (Å²) in [7, 11) is 0. The first-order chi connectivity index (χ1) is 17.0. The van der Waals surface area contributed by atoms with Crippen LogP contribution >= 0.6 is 12.2 Å². The topological polar surface area (TPSA) is 27.3 Å². The minimum atomic E-state index is 0.146. The molecule has 0 heterocycles. The van der Waals surface area contributed by atoms with Gasteiger partial charge in [-0.2, -0.15) is 0 Å². The Hall–Kier alpha value is -2.69. The van der Waals surface area contributed by atoms with Crippen molar-refractivity contribution in [2.45, 2.75) is 76.7 Å². The van der Waals surface area contributed by atoms with E-state index in [-0.39, 0.29) is 12.1 Å². The zero-order valence-electron chi connectivity index (χ0n) is 21.2. The van der Waals surface area contributed by atoms with Gasteiger partial charge in [0.15, 0.2) is 5.11 Å². The molecule has 3 nitrogen and oxygen atoms in total. The molecule has 4 heteroatoms. The van der Waals surface area contributed by atoms with Crippen molar-refractivity contribution in [1.29, 1.82) is 0 Å². The molecule has 3 aromatic rings. The molecule has 1 aliphatic carbocycles. The van der Waals surface area contributed by atoms with E-state index in [0.29, 0.717) is 18.1 Å². The second kappa shape index (κ2) is 12.3. The molecule has 0 aromatic heterocycles. The fourth-order valence-electron chi connectivity index (χ4n) is 5.39. The van der Waals surface area contributed by atoms with E-state index in [4.69, 9.17) is 12.2 Å². The molecular formula is C31H39N3S. The third-order valence-electron chi connectivity index (χ3n) is 7.42. The molecule has 3 aromatic carbocycles. The Morgan fingerprint density at radius 3 is 1.77 bits per heavy atom. The molecule has 2 N–H and O–H groups in total. The van der Waals surface area contributed by atoms with E-state index in [1.165, 1.54) is 29.5 Å². The predicted molar refractivity (Wildman–Crippen MR) is 151 cm³/mol. The second-order valence-corrected chi connectivity index (χ2v) is 10.2. The van der Waals surface area contributed by atoms with Gasteiger partial charge in [-0.25, -0.2) is 0 Å². The Balaban J connectivity index is 1.59. The largest absolute Gasteiger partial charge is 0.356 e. The average Bonchev–Trinajstić information content (AvgIpc) is 2.91. The van der Waals surface area contributed by atoms with E-state index in [2.05, 4.69) is 127 Å². The van der Waals surface area contributed by atoms with Crippen molar-refractivity contribution in [1.82, 2.24) is 15.5 Å². The van der Waals surface area contributed by atoms with Crippen LogP contribution in [0.25, 0.3) is 0 Å². The molecule has 1 aliphatic rings. The maximum absolute atomic E-state index is 6.16. The number of rotatable bonds is 8. The minimum absolute atomic E-state index is 0.146. The van der Waals surface area contributed by atoms with Gasteiger partial charge in [0, 0.05) is 18.1 Å². The molecular weight excluding hydrogens is 446 g/mol. The quantitative estimate of drug-likeness (QED) is 0.326. The van der Waals surface area contributed by atoms with Gasteiger partial charge >= 0.3 is 0 Å². The van der Waals surface area contributed by atoms with Crippen molar-refractivity contribution in [2.24, 2.45) is 0 Å². The Kier molecular flexibility index (Phi) is 8.95. The average molecular weight is 486 g/mol. The van der Waals surface area contributed by atoms with E-state index < -0.39 is 0 Å². The Bertz CT molecular complexity index is 1040. The van der Waals surface area contributed by atoms with Gasteiger partial charge in [-0.1, -0.05) is 104 Å². The summed E-state index contributed by atoms with van der Waals surface area (Å²) in [5.74, 6) is 0. The summed E-state index contributed by atoms with van der Waals surface area (Å²) in [6.45, 7) is 6.77. The Morgan fingerprint density at radius 1 is 0.714 bits per heavy atom. The van der Waals surface area contributed by atoms with Crippen molar-refractivity contribution >= 4 is 17.3 Å². The number of benzene rings is 3. The lowest BCUT2D eigenvalue weighted by molar-refractivity contribution is 0.148. The second-order valence-electron chi connectivity index (χ2n) is 9.83. The molecule has 1 saturated carbocycles. The van der Waals surface area contributed by atoms with Gasteiger partial charge in [0.25, 0.3) is 0 Å². The van der Waals surface area contributed by atoms with E-state index >= 15 is 0 Å². The molecule has 4 rings (SSSR count). The number of hydrogen-bond donors (Lipinski definition) is 2. The zero-order chi connectivity index (χ0) is 24.6. The highest BCUT2D eigenvalue weighted by Crippen LogP contribution is 2.32. The molecule has 0 radical (unpaired) electrons. The number of thiocarbonyl (C=S) groups is 1. The summed E-state index contributed by atoms with van der Waals surface area (Å²) >= 11 is 6.16. The highest BCUT2D eigenvalue weighted by atomic mass is 32.1. The highest BCUT2D eigenvalue weighted by molar-refractivity contribution is 7.80. The SMILES string of the molecule is C[C@H](NC(=S)N([C@@H](C)c1ccccc1)[C@H]1CCCC[C@@H]1N[C@@H](C)c1ccccc1)c1ccccc1. The smallest absolute Gasteiger partial charge is 0.170 e. The first kappa shape index (κ1) is 25.4. The van der Waals surface area contributed by atoms with Gasteiger partial charge in [0.1, 0.15) is 0 Å². The summed E-state index contributed by atoms with van der Waals surface area (Å²) in [5.41, 5.74) is 3.88. The minimum Gasteiger partial charge on any atom is -0.356 e. The lowest BCUT2D eigenvalue weighted by Crippen LogP contribution is -2.57. The van der Waals surface area contributed by atoms with Crippen LogP contribution in [-0.4, -0.2) is 22.1 Å². The molecule has 5 atom stereocenters. The van der Waals surface area contributed by atoms with Gasteiger partial charge in [-0.15, -0.1) is 0 Å². The van der Waals surface area contributed by atoms with Gasteiger partial charge in [-0.3, -0.25) is 0 Å². The molecule has 0 aliphatic heterocycles. The van der Waals surface area contributed by atoms with Crippen LogP contribution in [0, 0.1) is 0 Å². The van der Waals surface area contributed by atoms with Crippen LogP contribution in [0.4, 0.5) is 0 Å². The summed E-state index contributed by atoms with van der Waals surface area (Å²) in [6.07, 6.45) is 4.79. The van der Waals surface area contributed by atoms with Crippen LogP contribution in [0.15, 0.2) is 91.0 Å². The van der Waals surface area contributed by atoms with Crippen molar-refractivity contribution < 1.29 is 0 Å². The van der Waals surface area contributed by atoms with Crippen molar-refractivity contribution in [3.8, 4) is 0 Å². The van der Waals surface area contributed by atoms with E-state index in [1.54, 1.807) is 0 Å². The summed E-state index contributed by atoms with van der Waals surface area (Å²) in [5, 5.41) is 8.50. The molecule has 0 amide bonds. The maximum Gasteiger partial charge on any atom is 0.170 e. The van der Waals surface area contributed by atoms with Gasteiger partial charge in [0.05, 0.1) is 12.1 Å². The maximum atomic E-state index is 6.16. The molecule has 0 unspecified atom stereocenters. The molecule has 0 bridgehead atoms. The van der Waals surface area contributed by atoms with Gasteiger partial charge in [-0.05, 0) is 62.5 Å². The fourth-order valence-corrected chi connectivity index (χ4v) is 5.86. The van der Waals surface area contributed by atoms with Crippen LogP contribution in [0.5, 0.6) is 0 Å². The molecule has 184 valence electrons. The summed E-state index contributed by atoms with van der Waals surface area (Å²) in [6, 6.07) is 33.4. The lowest BCUT2D eigenvalue weighted by atomic mass is 9.87. The zero-order valence-corrected chi connectivity index (χ0v) is 22.0. The summed E-state index contributed by atoms with van der Waals surface area (Å²) < 4.78 is 0. The predicted octanol–water partition coefficient (Wildman–Crippen LogP) is 7.35. The van der Waals surface area contributed by atoms with E-state index in [1.807, 2.05) is 0 Å². The van der Waals surface area contributed by atoms with Crippen LogP contribution in [0.2, 0.25) is 0 Å². The van der Waals surface area contributed by atoms with Crippen LogP contribution in [-0.2, 0) is 0 Å². The van der Waals surface area contributed by atoms with Crippen molar-refractivity contribution in [2.75, 3.05) is 0 Å². The van der Waals surface area contributed by atoms with Crippen molar-refractivity contribution in [3.05, 3.63) is 108 Å². The number of nitrogens with zero attached hydrogens (tertiary/aromatic N) is 1. The van der Waals surface area contributed by atoms with Crippen molar-refractivity contribution in [3.63, 3.8) is 0 Å². The standard InChI is InChI=1S/C31H39N3S/c1-23(26-15-7-4-8-16-26)32-29-21-13-14-22-30(29)34(25(3)28-19-11-6-12-20-28)31(35)33-24(2)27-17-9-5-10-18-27/h4-12,15-20,23-25,29-30,32H,13-14,21-22H2,1-3H3,(H,33,35)/t23-,24-,25-,29-,30-/m0/s1. The van der Waals surface area contributed by atoms with Crippen LogP contribution in [0.3, 0.4) is 0 Å². The van der Waals surface area contributed by atoms with E-state index in [0.717, 1.165) is 18.0 Å². The first-order valence-corrected chi connectivity index (χ1v) is 13.4. The third kappa shape index (κ3) is 6.50. The Morgan fingerprint density at radius 2 is 1.20 bits per heavy atom. The first-order valence-electron chi connectivity index (χ1n) is 13.0. The third-order valence-corrected chi connectivity index (χ3v) is 7.75. The fraction of sp³-hybridized carbons (Fsp3) is 0.387. The van der Waals surface area contributed by atoms with Gasteiger partial charge in [0.2, 0.25) is 0 Å². The highest BCUT2D eigenvalue weighted by Gasteiger charge is 2.35.